The highest BCUT2D eigenvalue weighted by Crippen LogP contribution is 2.34. The first-order valence-corrected chi connectivity index (χ1v) is 11.8. The Morgan fingerprint density at radius 2 is 1.83 bits per heavy atom. The molecule has 0 bridgehead atoms. The van der Waals surface area contributed by atoms with E-state index in [1.54, 1.807) is 10.6 Å². The minimum Gasteiger partial charge on any atom is -0.342 e. The Morgan fingerprint density at radius 1 is 1.03 bits per heavy atom. The number of aliphatic imine (C=N–C) groups is 1. The predicted octanol–water partition coefficient (Wildman–Crippen LogP) is 3.14. The average molecular weight is 411 g/mol. The molecule has 0 unspecified atom stereocenters. The Morgan fingerprint density at radius 3 is 2.57 bits per heavy atom. The Bertz CT molecular complexity index is 876. The number of nitrogens with one attached hydrogen (secondary N) is 1. The van der Waals surface area contributed by atoms with Crippen molar-refractivity contribution in [2.75, 3.05) is 31.5 Å². The fraction of sp³-hybridized carbons (Fsp3) is 0.696. The van der Waals surface area contributed by atoms with Gasteiger partial charge in [-0.1, -0.05) is 18.6 Å². The number of fused-ring (bicyclic) bond motifs is 1. The van der Waals surface area contributed by atoms with Crippen molar-refractivity contribution < 1.29 is 0 Å². The normalized spacial score (nSPS) is 28.0. The van der Waals surface area contributed by atoms with Crippen LogP contribution in [0.3, 0.4) is 0 Å². The topological polar surface area (TPSA) is 65.8 Å². The number of guanidine groups is 1. The van der Waals surface area contributed by atoms with Crippen LogP contribution < -0.4 is 10.9 Å². The van der Waals surface area contributed by atoms with Crippen LogP contribution in [0.5, 0.6) is 0 Å². The summed E-state index contributed by atoms with van der Waals surface area (Å²) in [5, 5.41) is 3.41. The van der Waals surface area contributed by atoms with E-state index in [1.165, 1.54) is 45.2 Å². The zero-order valence-electron chi connectivity index (χ0n) is 18.1. The fourth-order valence-electron chi connectivity index (χ4n) is 5.56. The van der Waals surface area contributed by atoms with E-state index in [-0.39, 0.29) is 11.7 Å². The highest BCUT2D eigenvalue weighted by molar-refractivity contribution is 5.93. The quantitative estimate of drug-likeness (QED) is 0.759. The number of piperidine rings is 2. The zero-order valence-corrected chi connectivity index (χ0v) is 18.1. The van der Waals surface area contributed by atoms with Gasteiger partial charge in [0.15, 0.2) is 0 Å². The molecule has 7 heteroatoms. The van der Waals surface area contributed by atoms with Crippen molar-refractivity contribution >= 4 is 11.9 Å². The number of aromatic nitrogens is 2. The van der Waals surface area contributed by atoms with Crippen molar-refractivity contribution in [1.29, 1.82) is 0 Å². The lowest BCUT2D eigenvalue weighted by Crippen LogP contribution is -2.51. The van der Waals surface area contributed by atoms with Crippen molar-refractivity contribution in [2.45, 2.75) is 70.5 Å². The van der Waals surface area contributed by atoms with Crippen LogP contribution in [0, 0.1) is 12.8 Å². The molecule has 2 atom stereocenters. The number of anilines is 1. The summed E-state index contributed by atoms with van der Waals surface area (Å²) >= 11 is 0. The number of nitrogens with zero attached hydrogens (tertiary/aromatic N) is 5. The van der Waals surface area contributed by atoms with Crippen molar-refractivity contribution in [2.24, 2.45) is 10.9 Å². The van der Waals surface area contributed by atoms with E-state index in [2.05, 4.69) is 32.3 Å². The predicted molar refractivity (Wildman–Crippen MR) is 120 cm³/mol. The van der Waals surface area contributed by atoms with Gasteiger partial charge in [-0.2, -0.15) is 0 Å². The Balaban J connectivity index is 1.36. The fourth-order valence-corrected chi connectivity index (χ4v) is 5.56. The third kappa shape index (κ3) is 3.92. The maximum Gasteiger partial charge on any atom is 0.256 e. The van der Waals surface area contributed by atoms with Gasteiger partial charge >= 0.3 is 0 Å². The van der Waals surface area contributed by atoms with Gasteiger partial charge in [0.25, 0.3) is 5.56 Å². The van der Waals surface area contributed by atoms with E-state index in [9.17, 15) is 4.79 Å². The van der Waals surface area contributed by atoms with Crippen LogP contribution in [0.25, 0.3) is 0 Å². The molecular formula is C23H34N6O. The largest absolute Gasteiger partial charge is 0.342 e. The molecule has 0 radical (unpaired) electrons. The molecule has 1 aromatic rings. The van der Waals surface area contributed by atoms with Gasteiger partial charge in [-0.15, -0.1) is 0 Å². The second kappa shape index (κ2) is 8.53. The third-order valence-corrected chi connectivity index (χ3v) is 7.23. The second-order valence-electron chi connectivity index (χ2n) is 9.28. The molecule has 7 nitrogen and oxygen atoms in total. The van der Waals surface area contributed by atoms with E-state index in [0.717, 1.165) is 44.0 Å². The van der Waals surface area contributed by atoms with Gasteiger partial charge in [0.2, 0.25) is 11.9 Å². The minimum atomic E-state index is -0.165. The van der Waals surface area contributed by atoms with Crippen LogP contribution in [0.4, 0.5) is 5.95 Å². The number of aryl methyl sites for hydroxylation is 1. The number of hydrogen-bond acceptors (Lipinski definition) is 6. The van der Waals surface area contributed by atoms with Crippen LogP contribution in [0.2, 0.25) is 0 Å². The van der Waals surface area contributed by atoms with Crippen LogP contribution >= 0.6 is 0 Å². The molecule has 1 N–H and O–H groups in total. The molecule has 0 spiro atoms. The summed E-state index contributed by atoms with van der Waals surface area (Å²) in [5.74, 6) is 1.91. The summed E-state index contributed by atoms with van der Waals surface area (Å²) in [6.07, 6.45) is 13.9. The van der Waals surface area contributed by atoms with Crippen molar-refractivity contribution in [3.8, 4) is 0 Å². The van der Waals surface area contributed by atoms with E-state index in [4.69, 9.17) is 4.99 Å². The Kier molecular flexibility index (Phi) is 5.63. The van der Waals surface area contributed by atoms with Gasteiger partial charge in [0.1, 0.15) is 6.17 Å². The van der Waals surface area contributed by atoms with E-state index in [0.29, 0.717) is 17.9 Å². The third-order valence-electron chi connectivity index (χ3n) is 7.23. The second-order valence-corrected chi connectivity index (χ2v) is 9.28. The first kappa shape index (κ1) is 19.8. The summed E-state index contributed by atoms with van der Waals surface area (Å²) in [6, 6.07) is 2.34. The van der Waals surface area contributed by atoms with E-state index in [1.807, 2.05) is 6.92 Å². The monoisotopic (exact) mass is 410 g/mol. The van der Waals surface area contributed by atoms with Gasteiger partial charge in [-0.25, -0.2) is 9.98 Å². The van der Waals surface area contributed by atoms with Gasteiger partial charge in [-0.05, 0) is 65.0 Å². The molecule has 3 aliphatic heterocycles. The molecule has 0 amide bonds. The Hall–Kier alpha value is -2.15. The molecule has 162 valence electrons. The van der Waals surface area contributed by atoms with Crippen LogP contribution in [0.15, 0.2) is 28.0 Å². The molecular weight excluding hydrogens is 376 g/mol. The molecule has 30 heavy (non-hydrogen) atoms. The van der Waals surface area contributed by atoms with Crippen LogP contribution in [-0.2, 0) is 0 Å². The molecule has 4 heterocycles. The summed E-state index contributed by atoms with van der Waals surface area (Å²) in [6.45, 7) is 6.44. The number of likely N-dealkylation sites (tertiary alicyclic amines) is 2. The number of rotatable bonds is 2. The molecule has 1 aromatic heterocycles. The lowest BCUT2D eigenvalue weighted by atomic mass is 9.91. The summed E-state index contributed by atoms with van der Waals surface area (Å²) in [7, 11) is 0. The molecule has 2 fully saturated rings. The van der Waals surface area contributed by atoms with E-state index >= 15 is 0 Å². The van der Waals surface area contributed by atoms with E-state index < -0.39 is 0 Å². The molecule has 2 saturated heterocycles. The summed E-state index contributed by atoms with van der Waals surface area (Å²) in [4.78, 5) is 27.7. The van der Waals surface area contributed by atoms with Crippen molar-refractivity contribution in [1.82, 2.24) is 19.4 Å². The smallest absolute Gasteiger partial charge is 0.256 e. The molecule has 0 saturated carbocycles. The first-order valence-electron chi connectivity index (χ1n) is 11.8. The number of allylic oxidation sites excluding steroid dienone is 2. The zero-order chi connectivity index (χ0) is 20.5. The highest BCUT2D eigenvalue weighted by Gasteiger charge is 2.33. The SMILES string of the molecule is Cc1cc(=O)n2c(n1)NC(N1CCC(N3CCCCC3)CC1)=N[C@H]2[C@@H]1CC=CCC1. The molecule has 4 aliphatic rings. The standard InChI is InChI=1S/C23H34N6O/c1-17-16-20(30)29-21(18-8-4-2-5-9-18)25-22(26-23(29)24-17)28-14-10-19(11-15-28)27-12-6-3-7-13-27/h2,4,16,18-19,21H,3,5-15H2,1H3,(H,24,25,26)/t18-,21-/m1/s1. The molecule has 1 aliphatic carbocycles. The lowest BCUT2D eigenvalue weighted by molar-refractivity contribution is 0.114. The maximum atomic E-state index is 12.8. The molecule has 5 rings (SSSR count). The van der Waals surface area contributed by atoms with Gasteiger partial charge in [-0.3, -0.25) is 14.7 Å². The van der Waals surface area contributed by atoms with Crippen molar-refractivity contribution in [3.05, 3.63) is 34.3 Å². The van der Waals surface area contributed by atoms with Crippen LogP contribution in [0.1, 0.15) is 63.2 Å². The number of hydrogen-bond donors (Lipinski definition) is 1. The average Bonchev–Trinajstić information content (AvgIpc) is 2.79. The minimum absolute atomic E-state index is 0.00356. The van der Waals surface area contributed by atoms with Crippen molar-refractivity contribution in [3.63, 3.8) is 0 Å². The van der Waals surface area contributed by atoms with Gasteiger partial charge < -0.3 is 9.80 Å². The van der Waals surface area contributed by atoms with Crippen LogP contribution in [-0.4, -0.2) is 57.5 Å². The molecule has 0 aromatic carbocycles. The first-order chi connectivity index (χ1) is 14.7. The maximum absolute atomic E-state index is 12.8. The Labute approximate surface area is 178 Å². The summed E-state index contributed by atoms with van der Waals surface area (Å²) in [5.41, 5.74) is 0.752. The summed E-state index contributed by atoms with van der Waals surface area (Å²) < 4.78 is 1.78. The van der Waals surface area contributed by atoms with Gasteiger partial charge in [0.05, 0.1) is 0 Å². The van der Waals surface area contributed by atoms with Gasteiger partial charge in [0, 0.05) is 36.8 Å². The highest BCUT2D eigenvalue weighted by atomic mass is 16.1. The lowest BCUT2D eigenvalue weighted by Gasteiger charge is -2.42.